The van der Waals surface area contributed by atoms with Crippen LogP contribution in [0.15, 0.2) is 73.1 Å². The van der Waals surface area contributed by atoms with Crippen molar-refractivity contribution in [2.45, 2.75) is 6.42 Å². The van der Waals surface area contributed by atoms with E-state index in [1.807, 2.05) is 35.2 Å². The van der Waals surface area contributed by atoms with Gasteiger partial charge < -0.3 is 25.2 Å². The fraction of sp³-hybridized carbons (Fsp3) is 0.250. The van der Waals surface area contributed by atoms with E-state index in [1.165, 1.54) is 0 Å². The highest BCUT2D eigenvalue weighted by molar-refractivity contribution is 5.89. The summed E-state index contributed by atoms with van der Waals surface area (Å²) in [6, 6.07) is 18.0. The second-order valence-corrected chi connectivity index (χ2v) is 7.49. The molecule has 1 aliphatic rings. The van der Waals surface area contributed by atoms with Crippen molar-refractivity contribution in [2.75, 3.05) is 42.9 Å². The third-order valence-electron chi connectivity index (χ3n) is 5.18. The molecule has 0 spiro atoms. The van der Waals surface area contributed by atoms with Gasteiger partial charge in [0.25, 0.3) is 0 Å². The molecule has 170 valence electrons. The number of aromatic nitrogens is 2. The predicted molar refractivity (Wildman–Crippen MR) is 125 cm³/mol. The maximum absolute atomic E-state index is 12.5. The Morgan fingerprint density at radius 1 is 0.848 bits per heavy atom. The van der Waals surface area contributed by atoms with Crippen molar-refractivity contribution in [3.63, 3.8) is 0 Å². The molecule has 1 aliphatic heterocycles. The fourth-order valence-corrected chi connectivity index (χ4v) is 3.46. The van der Waals surface area contributed by atoms with Crippen molar-refractivity contribution < 1.29 is 14.3 Å². The number of urea groups is 1. The minimum Gasteiger partial charge on any atom is -0.457 e. The Kier molecular flexibility index (Phi) is 7.32. The van der Waals surface area contributed by atoms with Crippen molar-refractivity contribution >= 4 is 23.6 Å². The first-order valence-electron chi connectivity index (χ1n) is 10.8. The van der Waals surface area contributed by atoms with E-state index in [1.54, 1.807) is 42.7 Å². The molecule has 9 nitrogen and oxygen atoms in total. The molecule has 1 aromatic heterocycles. The monoisotopic (exact) mass is 446 g/mol. The number of benzene rings is 2. The summed E-state index contributed by atoms with van der Waals surface area (Å²) in [5.41, 5.74) is 0.637. The lowest BCUT2D eigenvalue weighted by molar-refractivity contribution is -0.131. The number of anilines is 2. The molecular formula is C24H26N6O3. The summed E-state index contributed by atoms with van der Waals surface area (Å²) in [7, 11) is 0. The number of nitrogens with one attached hydrogen (secondary N) is 2. The van der Waals surface area contributed by atoms with Crippen LogP contribution in [-0.4, -0.2) is 59.5 Å². The average Bonchev–Trinajstić information content (AvgIpc) is 2.86. The van der Waals surface area contributed by atoms with Gasteiger partial charge in [-0.2, -0.15) is 0 Å². The molecule has 0 aliphatic carbocycles. The molecule has 0 saturated carbocycles. The van der Waals surface area contributed by atoms with E-state index < -0.39 is 0 Å². The van der Waals surface area contributed by atoms with Gasteiger partial charge in [0.1, 0.15) is 11.5 Å². The third-order valence-corrected chi connectivity index (χ3v) is 5.18. The van der Waals surface area contributed by atoms with E-state index in [4.69, 9.17) is 4.74 Å². The van der Waals surface area contributed by atoms with E-state index >= 15 is 0 Å². The smallest absolute Gasteiger partial charge is 0.319 e. The van der Waals surface area contributed by atoms with Crippen molar-refractivity contribution in [1.29, 1.82) is 0 Å². The summed E-state index contributed by atoms with van der Waals surface area (Å²) in [6.07, 6.45) is 3.67. The SMILES string of the molecule is O=C(NCCC(=O)N1CCN(c2ncccn2)CC1)Nc1ccc(Oc2ccccc2)cc1. The summed E-state index contributed by atoms with van der Waals surface area (Å²) in [6.45, 7) is 2.87. The largest absolute Gasteiger partial charge is 0.457 e. The van der Waals surface area contributed by atoms with Crippen LogP contribution in [0.1, 0.15) is 6.42 Å². The van der Waals surface area contributed by atoms with Gasteiger partial charge in [-0.25, -0.2) is 14.8 Å². The molecule has 2 N–H and O–H groups in total. The number of rotatable bonds is 7. The first kappa shape index (κ1) is 22.1. The lowest BCUT2D eigenvalue weighted by Crippen LogP contribution is -2.49. The van der Waals surface area contributed by atoms with Crippen molar-refractivity contribution in [2.24, 2.45) is 0 Å². The van der Waals surface area contributed by atoms with E-state index in [2.05, 4.69) is 25.5 Å². The van der Waals surface area contributed by atoms with Crippen LogP contribution in [0.2, 0.25) is 0 Å². The maximum atomic E-state index is 12.5. The predicted octanol–water partition coefficient (Wildman–Crippen LogP) is 3.13. The van der Waals surface area contributed by atoms with Gasteiger partial charge in [-0.1, -0.05) is 18.2 Å². The van der Waals surface area contributed by atoms with Crippen molar-refractivity contribution in [1.82, 2.24) is 20.2 Å². The standard InChI is InChI=1S/C24H26N6O3/c31-22(29-15-17-30(18-16-29)23-25-12-4-13-26-23)11-14-27-24(32)28-19-7-9-21(10-8-19)33-20-5-2-1-3-6-20/h1-10,12-13H,11,14-18H2,(H2,27,28,32). The molecule has 0 bridgehead atoms. The molecule has 3 amide bonds. The highest BCUT2D eigenvalue weighted by Crippen LogP contribution is 2.22. The van der Waals surface area contributed by atoms with Crippen LogP contribution in [0.25, 0.3) is 0 Å². The average molecular weight is 447 g/mol. The molecular weight excluding hydrogens is 420 g/mol. The Bertz CT molecular complexity index is 1040. The Morgan fingerprint density at radius 2 is 1.52 bits per heavy atom. The van der Waals surface area contributed by atoms with Gasteiger partial charge in [0.15, 0.2) is 0 Å². The van der Waals surface area contributed by atoms with E-state index in [0.29, 0.717) is 43.6 Å². The second kappa shape index (κ2) is 10.9. The minimum atomic E-state index is -0.356. The summed E-state index contributed by atoms with van der Waals surface area (Å²) < 4.78 is 5.74. The van der Waals surface area contributed by atoms with Gasteiger partial charge in [-0.3, -0.25) is 4.79 Å². The zero-order valence-corrected chi connectivity index (χ0v) is 18.2. The Morgan fingerprint density at radius 3 is 2.21 bits per heavy atom. The number of ether oxygens (including phenoxy) is 1. The minimum absolute atomic E-state index is 0.0198. The second-order valence-electron chi connectivity index (χ2n) is 7.49. The van der Waals surface area contributed by atoms with Crippen LogP contribution in [0.3, 0.4) is 0 Å². The van der Waals surface area contributed by atoms with E-state index in [-0.39, 0.29) is 24.9 Å². The van der Waals surface area contributed by atoms with Gasteiger partial charge in [0.05, 0.1) is 0 Å². The number of amides is 3. The fourth-order valence-electron chi connectivity index (χ4n) is 3.46. The van der Waals surface area contributed by atoms with Gasteiger partial charge >= 0.3 is 6.03 Å². The number of nitrogens with zero attached hydrogens (tertiary/aromatic N) is 4. The first-order chi connectivity index (χ1) is 16.2. The van der Waals surface area contributed by atoms with Crippen LogP contribution in [-0.2, 0) is 4.79 Å². The van der Waals surface area contributed by atoms with E-state index in [9.17, 15) is 9.59 Å². The topological polar surface area (TPSA) is 99.7 Å². The Balaban J connectivity index is 1.15. The lowest BCUT2D eigenvalue weighted by Gasteiger charge is -2.34. The highest BCUT2D eigenvalue weighted by atomic mass is 16.5. The molecule has 3 aromatic rings. The van der Waals surface area contributed by atoms with Gasteiger partial charge in [-0.05, 0) is 42.5 Å². The Labute approximate surface area is 192 Å². The molecule has 1 fully saturated rings. The molecule has 2 aromatic carbocycles. The first-order valence-corrected chi connectivity index (χ1v) is 10.8. The molecule has 9 heteroatoms. The molecule has 4 rings (SSSR count). The number of hydrogen-bond acceptors (Lipinski definition) is 6. The lowest BCUT2D eigenvalue weighted by atomic mass is 10.3. The van der Waals surface area contributed by atoms with Gasteiger partial charge in [-0.15, -0.1) is 0 Å². The summed E-state index contributed by atoms with van der Waals surface area (Å²) in [5.74, 6) is 2.13. The number of carbonyl (C=O) groups is 2. The number of hydrogen-bond donors (Lipinski definition) is 2. The summed E-state index contributed by atoms with van der Waals surface area (Å²) in [4.78, 5) is 37.0. The molecule has 1 saturated heterocycles. The number of para-hydroxylation sites is 1. The quantitative estimate of drug-likeness (QED) is 0.579. The molecule has 0 radical (unpaired) electrons. The maximum Gasteiger partial charge on any atom is 0.319 e. The summed E-state index contributed by atoms with van der Waals surface area (Å²) in [5, 5.41) is 5.49. The van der Waals surface area contributed by atoms with Crippen LogP contribution in [0, 0.1) is 0 Å². The van der Waals surface area contributed by atoms with Gasteiger partial charge in [0, 0.05) is 57.2 Å². The molecule has 0 unspecified atom stereocenters. The molecule has 2 heterocycles. The molecule has 0 atom stereocenters. The van der Waals surface area contributed by atoms with Crippen molar-refractivity contribution in [3.8, 4) is 11.5 Å². The Hall–Kier alpha value is -4.14. The van der Waals surface area contributed by atoms with E-state index in [0.717, 1.165) is 5.75 Å². The third kappa shape index (κ3) is 6.42. The molecule has 33 heavy (non-hydrogen) atoms. The van der Waals surface area contributed by atoms with Crippen molar-refractivity contribution in [3.05, 3.63) is 73.1 Å². The number of piperazine rings is 1. The van der Waals surface area contributed by atoms with Crippen LogP contribution >= 0.6 is 0 Å². The zero-order valence-electron chi connectivity index (χ0n) is 18.2. The summed E-state index contributed by atoms with van der Waals surface area (Å²) >= 11 is 0. The van der Waals surface area contributed by atoms with Gasteiger partial charge in [0.2, 0.25) is 11.9 Å². The van der Waals surface area contributed by atoms with Crippen LogP contribution < -0.4 is 20.3 Å². The highest BCUT2D eigenvalue weighted by Gasteiger charge is 2.22. The van der Waals surface area contributed by atoms with Crippen LogP contribution in [0.5, 0.6) is 11.5 Å². The normalized spacial score (nSPS) is 13.3. The number of carbonyl (C=O) groups excluding carboxylic acids is 2. The van der Waals surface area contributed by atoms with Crippen LogP contribution in [0.4, 0.5) is 16.4 Å². The zero-order chi connectivity index (χ0) is 22.9.